The number of benzene rings is 1. The molecule has 1 heterocycles. The maximum Gasteiger partial charge on any atom is 0.335 e. The Morgan fingerprint density at radius 2 is 2.09 bits per heavy atom. The van der Waals surface area contributed by atoms with E-state index in [9.17, 15) is 14.1 Å². The van der Waals surface area contributed by atoms with Crippen molar-refractivity contribution < 1.29 is 23.1 Å². The second-order valence-electron chi connectivity index (χ2n) is 4.86. The van der Waals surface area contributed by atoms with E-state index in [1.165, 1.54) is 18.4 Å². The van der Waals surface area contributed by atoms with Crippen LogP contribution in [0.3, 0.4) is 0 Å². The molecule has 23 heavy (non-hydrogen) atoms. The lowest BCUT2D eigenvalue weighted by Gasteiger charge is -2.16. The molecule has 0 radical (unpaired) electrons. The van der Waals surface area contributed by atoms with Crippen molar-refractivity contribution in [3.63, 3.8) is 0 Å². The topological polar surface area (TPSA) is 112 Å². The van der Waals surface area contributed by atoms with Gasteiger partial charge in [-0.2, -0.15) is 0 Å². The van der Waals surface area contributed by atoms with Crippen LogP contribution >= 0.6 is 0 Å². The van der Waals surface area contributed by atoms with Gasteiger partial charge in [0.2, 0.25) is 0 Å². The van der Waals surface area contributed by atoms with E-state index in [2.05, 4.69) is 10.0 Å². The number of rotatable bonds is 8. The molecule has 4 N–H and O–H groups in total. The smallest absolute Gasteiger partial charge is 0.335 e. The van der Waals surface area contributed by atoms with Crippen molar-refractivity contribution in [3.05, 3.63) is 36.1 Å². The predicted octanol–water partition coefficient (Wildman–Crippen LogP) is 3.41. The summed E-state index contributed by atoms with van der Waals surface area (Å²) in [5, 5.41) is 12.4. The summed E-state index contributed by atoms with van der Waals surface area (Å²) in [5.74, 6) is -0.657. The van der Waals surface area contributed by atoms with Crippen molar-refractivity contribution >= 4 is 28.6 Å². The largest absolute Gasteiger partial charge is 0.478 e. The van der Waals surface area contributed by atoms with Gasteiger partial charge in [0.05, 0.1) is 23.1 Å². The number of carboxylic acid groups (broad SMARTS) is 1. The second-order valence-corrected chi connectivity index (χ2v) is 5.56. The number of anilines is 2. The fraction of sp³-hybridized carbons (Fsp3) is 0.267. The first kappa shape index (κ1) is 17.0. The van der Waals surface area contributed by atoms with Crippen molar-refractivity contribution in [1.29, 1.82) is 0 Å². The van der Waals surface area contributed by atoms with Crippen LogP contribution < -0.4 is 10.0 Å². The summed E-state index contributed by atoms with van der Waals surface area (Å²) < 4.78 is 28.0. The molecule has 0 aliphatic rings. The number of aromatic carboxylic acids is 1. The minimum Gasteiger partial charge on any atom is -0.478 e. The van der Waals surface area contributed by atoms with Crippen LogP contribution in [0.25, 0.3) is 11.3 Å². The van der Waals surface area contributed by atoms with Crippen LogP contribution in [0.2, 0.25) is 0 Å². The van der Waals surface area contributed by atoms with Crippen LogP contribution in [0.4, 0.5) is 11.4 Å². The van der Waals surface area contributed by atoms with Gasteiger partial charge in [0.15, 0.2) is 0 Å². The molecular weight excluding hydrogens is 320 g/mol. The van der Waals surface area contributed by atoms with Gasteiger partial charge < -0.3 is 14.8 Å². The summed E-state index contributed by atoms with van der Waals surface area (Å²) in [7, 11) is 0. The van der Waals surface area contributed by atoms with E-state index in [0.29, 0.717) is 23.6 Å². The summed E-state index contributed by atoms with van der Waals surface area (Å²) in [5.41, 5.74) is 1.26. The van der Waals surface area contributed by atoms with Gasteiger partial charge in [0.25, 0.3) is 11.3 Å². The van der Waals surface area contributed by atoms with Gasteiger partial charge in [-0.1, -0.05) is 13.3 Å². The normalized spacial score (nSPS) is 11.9. The third kappa shape index (κ3) is 4.33. The Hall–Kier alpha value is -2.32. The van der Waals surface area contributed by atoms with Crippen LogP contribution in [0.15, 0.2) is 34.9 Å². The van der Waals surface area contributed by atoms with Crippen molar-refractivity contribution in [2.75, 3.05) is 16.6 Å². The lowest BCUT2D eigenvalue weighted by molar-refractivity contribution is 0.0697. The minimum atomic E-state index is -2.34. The summed E-state index contributed by atoms with van der Waals surface area (Å²) in [6, 6.07) is 6.18. The summed E-state index contributed by atoms with van der Waals surface area (Å²) in [6.07, 6.45) is 3.37. The molecule has 2 aromatic rings. The fourth-order valence-electron chi connectivity index (χ4n) is 2.17. The summed E-state index contributed by atoms with van der Waals surface area (Å²) in [6.45, 7) is 2.69. The van der Waals surface area contributed by atoms with Gasteiger partial charge in [-0.25, -0.2) is 9.00 Å². The highest BCUT2D eigenvalue weighted by atomic mass is 32.2. The highest BCUT2D eigenvalue weighted by molar-refractivity contribution is 7.80. The molecular formula is C15H18N2O5S. The Morgan fingerprint density at radius 1 is 1.35 bits per heavy atom. The van der Waals surface area contributed by atoms with Gasteiger partial charge in [-0.15, -0.1) is 0 Å². The molecule has 0 saturated carbocycles. The minimum absolute atomic E-state index is 0.00672. The van der Waals surface area contributed by atoms with Gasteiger partial charge >= 0.3 is 5.97 Å². The van der Waals surface area contributed by atoms with Gasteiger partial charge in [0, 0.05) is 12.2 Å². The predicted molar refractivity (Wildman–Crippen MR) is 88.9 cm³/mol. The second kappa shape index (κ2) is 7.80. The lowest BCUT2D eigenvalue weighted by Crippen LogP contribution is -2.10. The SMILES string of the molecule is CCCCNc1cc(C(=O)O)cc(NS(=O)O)c1-c1ccco1. The number of hydrogen-bond acceptors (Lipinski definition) is 4. The Morgan fingerprint density at radius 3 is 2.65 bits per heavy atom. The lowest BCUT2D eigenvalue weighted by atomic mass is 10.0. The van der Waals surface area contributed by atoms with E-state index in [1.54, 1.807) is 12.1 Å². The molecule has 0 bridgehead atoms. The van der Waals surface area contributed by atoms with E-state index >= 15 is 0 Å². The molecule has 0 amide bonds. The van der Waals surface area contributed by atoms with Gasteiger partial charge in [0.1, 0.15) is 5.76 Å². The first-order valence-corrected chi connectivity index (χ1v) is 8.20. The molecule has 0 aliphatic heterocycles. The van der Waals surface area contributed by atoms with E-state index in [4.69, 9.17) is 8.97 Å². The molecule has 1 atom stereocenters. The number of hydrogen-bond donors (Lipinski definition) is 4. The number of unbranched alkanes of at least 4 members (excludes halogenated alkanes) is 1. The molecule has 7 nitrogen and oxygen atoms in total. The van der Waals surface area contributed by atoms with Gasteiger partial charge in [-0.3, -0.25) is 9.27 Å². The van der Waals surface area contributed by atoms with E-state index in [0.717, 1.165) is 12.8 Å². The molecule has 0 aliphatic carbocycles. The fourth-order valence-corrected chi connectivity index (χ4v) is 2.51. The van der Waals surface area contributed by atoms with Crippen molar-refractivity contribution in [3.8, 4) is 11.3 Å². The van der Waals surface area contributed by atoms with Crippen LogP contribution in [-0.2, 0) is 11.3 Å². The standard InChI is InChI=1S/C15H18N2O5S/c1-2-3-6-16-11-8-10(15(18)19)9-12(17-23(20)21)14(11)13-5-4-7-22-13/h4-5,7-9,16-17H,2-3,6H2,1H3,(H,18,19)(H,20,21). The molecule has 1 aromatic carbocycles. The Labute approximate surface area is 136 Å². The third-order valence-corrected chi connectivity index (χ3v) is 3.59. The zero-order valence-corrected chi connectivity index (χ0v) is 13.4. The first-order chi connectivity index (χ1) is 11.0. The van der Waals surface area contributed by atoms with Crippen LogP contribution in [-0.4, -0.2) is 26.4 Å². The third-order valence-electron chi connectivity index (χ3n) is 3.20. The van der Waals surface area contributed by atoms with E-state index < -0.39 is 17.2 Å². The maximum absolute atomic E-state index is 11.3. The molecule has 0 saturated heterocycles. The molecule has 124 valence electrons. The molecule has 1 aromatic heterocycles. The van der Waals surface area contributed by atoms with Gasteiger partial charge in [-0.05, 0) is 30.7 Å². The van der Waals surface area contributed by atoms with Crippen LogP contribution in [0, 0.1) is 0 Å². The highest BCUT2D eigenvalue weighted by Gasteiger charge is 2.18. The number of carboxylic acids is 1. The van der Waals surface area contributed by atoms with E-state index in [-0.39, 0.29) is 11.3 Å². The number of furan rings is 1. The van der Waals surface area contributed by atoms with E-state index in [1.807, 2.05) is 6.92 Å². The van der Waals surface area contributed by atoms with Crippen LogP contribution in [0.1, 0.15) is 30.1 Å². The molecule has 2 rings (SSSR count). The Kier molecular flexibility index (Phi) is 5.78. The maximum atomic E-state index is 11.3. The van der Waals surface area contributed by atoms with Crippen molar-refractivity contribution in [1.82, 2.24) is 0 Å². The Balaban J connectivity index is 2.56. The molecule has 0 spiro atoms. The summed E-state index contributed by atoms with van der Waals surface area (Å²) >= 11 is -2.34. The zero-order chi connectivity index (χ0) is 16.8. The van der Waals surface area contributed by atoms with Crippen molar-refractivity contribution in [2.24, 2.45) is 0 Å². The van der Waals surface area contributed by atoms with Crippen LogP contribution in [0.5, 0.6) is 0 Å². The summed E-state index contributed by atoms with van der Waals surface area (Å²) in [4.78, 5) is 11.3. The molecule has 8 heteroatoms. The first-order valence-electron chi connectivity index (χ1n) is 7.09. The molecule has 0 fully saturated rings. The number of carbonyl (C=O) groups is 1. The van der Waals surface area contributed by atoms with Crippen molar-refractivity contribution in [2.45, 2.75) is 19.8 Å². The number of nitrogens with one attached hydrogen (secondary N) is 2. The quantitative estimate of drug-likeness (QED) is 0.433. The highest BCUT2D eigenvalue weighted by Crippen LogP contribution is 2.37. The average Bonchev–Trinajstić information content (AvgIpc) is 3.00. The zero-order valence-electron chi connectivity index (χ0n) is 12.5. The Bertz CT molecular complexity index is 700. The monoisotopic (exact) mass is 338 g/mol. The average molecular weight is 338 g/mol. The molecule has 1 unspecified atom stereocenters.